The van der Waals surface area contributed by atoms with Gasteiger partial charge in [0.1, 0.15) is 0 Å². The number of ether oxygens (including phenoxy) is 1. The minimum atomic E-state index is -1.38. The lowest BCUT2D eigenvalue weighted by Gasteiger charge is -2.17. The molecule has 5 heteroatoms. The van der Waals surface area contributed by atoms with Gasteiger partial charge in [-0.2, -0.15) is 0 Å². The number of hydrogen-bond acceptors (Lipinski definition) is 3. The van der Waals surface area contributed by atoms with Crippen LogP contribution in [0.1, 0.15) is 77.6 Å². The highest BCUT2D eigenvalue weighted by molar-refractivity contribution is 7.99. The minimum absolute atomic E-state index is 0.311. The molecular formula is C22H34Cl2O2S. The zero-order chi connectivity index (χ0) is 19.8. The summed E-state index contributed by atoms with van der Waals surface area (Å²) < 4.78 is 3.50. The van der Waals surface area contributed by atoms with Gasteiger partial charge in [-0.05, 0) is 44.1 Å². The standard InChI is InChI=1S/C22H34Cl2O2S/c1-2-26-21(25)22(23,24)18-14-9-7-5-3-4-6-8-10-15-19-27-20-16-12-11-13-17-20/h11-13,16-17H,2-10,14-15,18-19H2,1H3. The molecule has 0 aromatic heterocycles. The third-order valence-electron chi connectivity index (χ3n) is 4.47. The molecule has 0 saturated heterocycles. The van der Waals surface area contributed by atoms with Crippen molar-refractivity contribution in [3.8, 4) is 0 Å². The van der Waals surface area contributed by atoms with Crippen LogP contribution in [0.25, 0.3) is 0 Å². The SMILES string of the molecule is CCOC(=O)C(Cl)(Cl)CCCCCCCCCCCCSc1ccccc1. The van der Waals surface area contributed by atoms with Crippen molar-refractivity contribution >= 4 is 40.9 Å². The molecule has 2 nitrogen and oxygen atoms in total. The molecule has 154 valence electrons. The fourth-order valence-electron chi connectivity index (χ4n) is 2.91. The lowest BCUT2D eigenvalue weighted by atomic mass is 10.1. The third-order valence-corrected chi connectivity index (χ3v) is 6.26. The van der Waals surface area contributed by atoms with Gasteiger partial charge in [0.2, 0.25) is 4.33 Å². The van der Waals surface area contributed by atoms with Crippen LogP contribution in [0.15, 0.2) is 35.2 Å². The average Bonchev–Trinajstić information content (AvgIpc) is 2.66. The molecule has 0 unspecified atom stereocenters. The van der Waals surface area contributed by atoms with E-state index in [4.69, 9.17) is 27.9 Å². The van der Waals surface area contributed by atoms with E-state index in [9.17, 15) is 4.79 Å². The van der Waals surface area contributed by atoms with Crippen molar-refractivity contribution in [2.45, 2.75) is 86.8 Å². The van der Waals surface area contributed by atoms with E-state index >= 15 is 0 Å². The van der Waals surface area contributed by atoms with Gasteiger partial charge in [0.05, 0.1) is 6.61 Å². The van der Waals surface area contributed by atoms with Gasteiger partial charge in [-0.1, -0.05) is 92.8 Å². The molecule has 0 amide bonds. The van der Waals surface area contributed by atoms with E-state index in [0.29, 0.717) is 13.0 Å². The topological polar surface area (TPSA) is 26.3 Å². The lowest BCUT2D eigenvalue weighted by molar-refractivity contribution is -0.144. The first-order chi connectivity index (χ1) is 13.1. The molecule has 0 fully saturated rings. The number of carbonyl (C=O) groups is 1. The van der Waals surface area contributed by atoms with Gasteiger partial charge in [0, 0.05) is 4.90 Å². The summed E-state index contributed by atoms with van der Waals surface area (Å²) in [5, 5.41) is 0. The van der Waals surface area contributed by atoms with Gasteiger partial charge in [-0.3, -0.25) is 0 Å². The highest BCUT2D eigenvalue weighted by Crippen LogP contribution is 2.29. The number of hydrogen-bond donors (Lipinski definition) is 0. The second-order valence-corrected chi connectivity index (χ2v) is 9.52. The molecule has 0 saturated carbocycles. The predicted octanol–water partition coefficient (Wildman–Crippen LogP) is 7.81. The van der Waals surface area contributed by atoms with Gasteiger partial charge in [-0.15, -0.1) is 11.8 Å². The monoisotopic (exact) mass is 432 g/mol. The number of unbranched alkanes of at least 4 members (excludes halogenated alkanes) is 9. The normalized spacial score (nSPS) is 11.5. The van der Waals surface area contributed by atoms with Gasteiger partial charge >= 0.3 is 5.97 Å². The highest BCUT2D eigenvalue weighted by atomic mass is 35.5. The maximum Gasteiger partial charge on any atom is 0.342 e. The lowest BCUT2D eigenvalue weighted by Crippen LogP contribution is -2.28. The second-order valence-electron chi connectivity index (χ2n) is 6.87. The largest absolute Gasteiger partial charge is 0.464 e. The Kier molecular flexibility index (Phi) is 14.2. The molecule has 0 aliphatic rings. The van der Waals surface area contributed by atoms with E-state index in [1.54, 1.807) is 6.92 Å². The Balaban J connectivity index is 1.84. The number of alkyl halides is 2. The van der Waals surface area contributed by atoms with E-state index in [-0.39, 0.29) is 0 Å². The summed E-state index contributed by atoms with van der Waals surface area (Å²) >= 11 is 14.0. The molecule has 0 bridgehead atoms. The Hall–Kier alpha value is -0.380. The number of rotatable bonds is 16. The number of esters is 1. The molecule has 1 aromatic carbocycles. The van der Waals surface area contributed by atoms with E-state index in [1.165, 1.54) is 62.0 Å². The summed E-state index contributed by atoms with van der Waals surface area (Å²) in [5.74, 6) is 0.703. The Morgan fingerprint density at radius 1 is 0.889 bits per heavy atom. The zero-order valence-corrected chi connectivity index (χ0v) is 18.9. The van der Waals surface area contributed by atoms with Crippen molar-refractivity contribution in [2.24, 2.45) is 0 Å². The van der Waals surface area contributed by atoms with Crippen LogP contribution in [0.3, 0.4) is 0 Å². The van der Waals surface area contributed by atoms with Gasteiger partial charge in [0.15, 0.2) is 0 Å². The van der Waals surface area contributed by atoms with Crippen LogP contribution in [-0.4, -0.2) is 22.7 Å². The highest BCUT2D eigenvalue weighted by Gasteiger charge is 2.34. The van der Waals surface area contributed by atoms with Gasteiger partial charge < -0.3 is 4.74 Å². The van der Waals surface area contributed by atoms with Crippen molar-refractivity contribution < 1.29 is 9.53 Å². The quantitative estimate of drug-likeness (QED) is 0.115. The summed E-state index contributed by atoms with van der Waals surface area (Å²) in [7, 11) is 0. The van der Waals surface area contributed by atoms with E-state index in [0.717, 1.165) is 12.8 Å². The summed E-state index contributed by atoms with van der Waals surface area (Å²) in [5.41, 5.74) is 0. The molecular weight excluding hydrogens is 399 g/mol. The third kappa shape index (κ3) is 12.6. The van der Waals surface area contributed by atoms with E-state index < -0.39 is 10.3 Å². The smallest absolute Gasteiger partial charge is 0.342 e. The molecule has 1 aromatic rings. The number of carbonyl (C=O) groups excluding carboxylic acids is 1. The maximum atomic E-state index is 11.6. The molecule has 0 atom stereocenters. The van der Waals surface area contributed by atoms with Crippen LogP contribution >= 0.6 is 35.0 Å². The summed E-state index contributed by atoms with van der Waals surface area (Å²) in [6, 6.07) is 10.6. The van der Waals surface area contributed by atoms with Crippen molar-refractivity contribution in [3.63, 3.8) is 0 Å². The average molecular weight is 433 g/mol. The first kappa shape index (κ1) is 24.7. The number of thioether (sulfide) groups is 1. The molecule has 0 aliphatic heterocycles. The van der Waals surface area contributed by atoms with Crippen molar-refractivity contribution in [1.82, 2.24) is 0 Å². The van der Waals surface area contributed by atoms with E-state index in [2.05, 4.69) is 30.3 Å². The number of benzene rings is 1. The van der Waals surface area contributed by atoms with Crippen LogP contribution in [0, 0.1) is 0 Å². The molecule has 0 aliphatic carbocycles. The molecule has 0 heterocycles. The molecule has 1 rings (SSSR count). The molecule has 0 radical (unpaired) electrons. The van der Waals surface area contributed by atoms with Crippen LogP contribution in [0.4, 0.5) is 0 Å². The van der Waals surface area contributed by atoms with Gasteiger partial charge in [0.25, 0.3) is 0 Å². The first-order valence-corrected chi connectivity index (χ1v) is 12.0. The Bertz CT molecular complexity index is 494. The van der Waals surface area contributed by atoms with Gasteiger partial charge in [-0.25, -0.2) is 4.79 Å². The summed E-state index contributed by atoms with van der Waals surface area (Å²) in [6.07, 6.45) is 12.8. The molecule has 0 spiro atoms. The fourth-order valence-corrected chi connectivity index (χ4v) is 4.22. The van der Waals surface area contributed by atoms with Crippen LogP contribution in [0.2, 0.25) is 0 Å². The second kappa shape index (κ2) is 15.5. The van der Waals surface area contributed by atoms with Crippen LogP contribution < -0.4 is 0 Å². The minimum Gasteiger partial charge on any atom is -0.464 e. The fraction of sp³-hybridized carbons (Fsp3) is 0.682. The van der Waals surface area contributed by atoms with Crippen LogP contribution in [0.5, 0.6) is 0 Å². The summed E-state index contributed by atoms with van der Waals surface area (Å²) in [6.45, 7) is 2.07. The number of halogens is 2. The van der Waals surface area contributed by atoms with Crippen molar-refractivity contribution in [2.75, 3.05) is 12.4 Å². The Labute approximate surface area is 179 Å². The maximum absolute atomic E-state index is 11.6. The van der Waals surface area contributed by atoms with Crippen molar-refractivity contribution in [3.05, 3.63) is 30.3 Å². The zero-order valence-electron chi connectivity index (χ0n) is 16.6. The Morgan fingerprint density at radius 2 is 1.41 bits per heavy atom. The molecule has 27 heavy (non-hydrogen) atoms. The Morgan fingerprint density at radius 3 is 1.96 bits per heavy atom. The predicted molar refractivity (Wildman–Crippen MR) is 119 cm³/mol. The van der Waals surface area contributed by atoms with Crippen molar-refractivity contribution in [1.29, 1.82) is 0 Å². The first-order valence-electron chi connectivity index (χ1n) is 10.3. The summed E-state index contributed by atoms with van der Waals surface area (Å²) in [4.78, 5) is 13.0. The van der Waals surface area contributed by atoms with E-state index in [1.807, 2.05) is 11.8 Å². The molecule has 0 N–H and O–H groups in total. The van der Waals surface area contributed by atoms with Crippen LogP contribution in [-0.2, 0) is 9.53 Å².